The summed E-state index contributed by atoms with van der Waals surface area (Å²) < 4.78 is 8.13. The molecular weight excluding hydrogens is 310 g/mol. The summed E-state index contributed by atoms with van der Waals surface area (Å²) in [4.78, 5) is 0. The normalized spacial score (nSPS) is 13.2. The van der Waals surface area contributed by atoms with E-state index < -0.39 is 0 Å². The summed E-state index contributed by atoms with van der Waals surface area (Å²) in [5.74, 6) is 1.94. The zero-order valence-corrected chi connectivity index (χ0v) is 14.1. The summed E-state index contributed by atoms with van der Waals surface area (Å²) in [6, 6.07) is 18.6. The summed E-state index contributed by atoms with van der Waals surface area (Å²) >= 11 is 0. The van der Waals surface area contributed by atoms with E-state index in [0.29, 0.717) is 0 Å². The quantitative estimate of drug-likeness (QED) is 0.586. The first-order valence-corrected chi connectivity index (χ1v) is 8.78. The largest absolute Gasteiger partial charge is 0.454 e. The van der Waals surface area contributed by atoms with Crippen molar-refractivity contribution in [1.29, 1.82) is 0 Å². The number of nitrogens with zero attached hydrogens (tertiary/aromatic N) is 2. The highest BCUT2D eigenvalue weighted by Crippen LogP contribution is 2.37. The Morgan fingerprint density at radius 2 is 1.96 bits per heavy atom. The first-order chi connectivity index (χ1) is 12.3. The molecule has 4 aromatic rings. The molecule has 0 saturated heterocycles. The Balaban J connectivity index is 1.72. The van der Waals surface area contributed by atoms with Gasteiger partial charge in [0.05, 0.1) is 5.69 Å². The van der Waals surface area contributed by atoms with Gasteiger partial charge in [-0.2, -0.15) is 5.10 Å². The molecule has 25 heavy (non-hydrogen) atoms. The molecule has 0 spiro atoms. The lowest BCUT2D eigenvalue weighted by Crippen LogP contribution is -2.06. The van der Waals surface area contributed by atoms with Crippen molar-refractivity contribution < 1.29 is 4.42 Å². The van der Waals surface area contributed by atoms with Crippen LogP contribution in [0.15, 0.2) is 59.0 Å². The van der Waals surface area contributed by atoms with Crippen LogP contribution >= 0.6 is 0 Å². The first kappa shape index (κ1) is 14.3. The van der Waals surface area contributed by atoms with E-state index in [9.17, 15) is 0 Å². The van der Waals surface area contributed by atoms with E-state index in [2.05, 4.69) is 48.6 Å². The molecule has 0 fully saturated rings. The van der Waals surface area contributed by atoms with Crippen molar-refractivity contribution in [3.63, 3.8) is 0 Å². The van der Waals surface area contributed by atoms with E-state index in [1.807, 2.05) is 22.9 Å². The topological polar surface area (TPSA) is 43.0 Å². The Morgan fingerprint density at radius 1 is 1.12 bits per heavy atom. The third-order valence-corrected chi connectivity index (χ3v) is 4.91. The number of rotatable bonds is 3. The van der Waals surface area contributed by atoms with Crippen molar-refractivity contribution in [2.75, 3.05) is 11.9 Å². The molecular formula is C21H19N3O. The molecule has 4 heteroatoms. The molecule has 1 N–H and O–H groups in total. The van der Waals surface area contributed by atoms with Gasteiger partial charge in [-0.05, 0) is 36.6 Å². The summed E-state index contributed by atoms with van der Waals surface area (Å²) in [6.07, 6.45) is 1.95. The molecule has 0 amide bonds. The number of anilines is 1. The van der Waals surface area contributed by atoms with E-state index in [-0.39, 0.29) is 0 Å². The maximum Gasteiger partial charge on any atom is 0.156 e. The van der Waals surface area contributed by atoms with Crippen LogP contribution in [0, 0.1) is 0 Å². The second kappa shape index (κ2) is 5.52. The minimum atomic E-state index is 0.842. The fourth-order valence-electron chi connectivity index (χ4n) is 3.66. The molecule has 0 atom stereocenters. The van der Waals surface area contributed by atoms with Gasteiger partial charge >= 0.3 is 0 Å². The molecule has 0 bridgehead atoms. The van der Waals surface area contributed by atoms with E-state index >= 15 is 0 Å². The number of benzene rings is 2. The molecule has 0 saturated carbocycles. The zero-order chi connectivity index (χ0) is 16.8. The van der Waals surface area contributed by atoms with Gasteiger partial charge in [-0.25, -0.2) is 4.68 Å². The summed E-state index contributed by atoms with van der Waals surface area (Å²) in [7, 11) is 0. The number of furan rings is 1. The van der Waals surface area contributed by atoms with E-state index in [0.717, 1.165) is 53.3 Å². The highest BCUT2D eigenvalue weighted by molar-refractivity contribution is 5.83. The van der Waals surface area contributed by atoms with Gasteiger partial charge in [0.1, 0.15) is 17.1 Å². The van der Waals surface area contributed by atoms with Crippen molar-refractivity contribution in [3.8, 4) is 17.1 Å². The maximum absolute atomic E-state index is 6.08. The van der Waals surface area contributed by atoms with Crippen LogP contribution in [0.1, 0.15) is 18.1 Å². The molecule has 124 valence electrons. The van der Waals surface area contributed by atoms with Crippen LogP contribution in [0.25, 0.3) is 28.1 Å². The molecule has 4 nitrogen and oxygen atoms in total. The molecule has 2 aromatic carbocycles. The van der Waals surface area contributed by atoms with Crippen LogP contribution < -0.4 is 5.32 Å². The highest BCUT2D eigenvalue weighted by atomic mass is 16.3. The Labute approximate surface area is 146 Å². The third kappa shape index (κ3) is 2.18. The SMILES string of the molecule is CCc1ccccc1-n1nc(-c2cc3ccccc3o2)c2c1NCC2. The standard InChI is InChI=1S/C21H19N3O/c1-2-14-7-3-5-9-17(14)24-21-16(11-12-22-21)20(23-24)19-13-15-8-4-6-10-18(15)25-19/h3-10,13,22H,2,11-12H2,1H3. The average molecular weight is 329 g/mol. The Hall–Kier alpha value is -3.01. The third-order valence-electron chi connectivity index (χ3n) is 4.91. The van der Waals surface area contributed by atoms with Gasteiger partial charge < -0.3 is 9.73 Å². The van der Waals surface area contributed by atoms with Gasteiger partial charge in [-0.3, -0.25) is 0 Å². The molecule has 2 aromatic heterocycles. The first-order valence-electron chi connectivity index (χ1n) is 8.78. The van der Waals surface area contributed by atoms with Gasteiger partial charge in [-0.15, -0.1) is 0 Å². The number of aromatic nitrogens is 2. The molecule has 3 heterocycles. The number of hydrogen-bond acceptors (Lipinski definition) is 3. The molecule has 5 rings (SSSR count). The van der Waals surface area contributed by atoms with E-state index in [1.54, 1.807) is 0 Å². The summed E-state index contributed by atoms with van der Waals surface area (Å²) in [5.41, 5.74) is 5.52. The van der Waals surface area contributed by atoms with Gasteiger partial charge in [0, 0.05) is 17.5 Å². The molecule has 0 aliphatic carbocycles. The van der Waals surface area contributed by atoms with Crippen molar-refractivity contribution in [2.24, 2.45) is 0 Å². The second-order valence-corrected chi connectivity index (χ2v) is 6.40. The van der Waals surface area contributed by atoms with Crippen LogP contribution in [0.2, 0.25) is 0 Å². The number of para-hydroxylation sites is 2. The van der Waals surface area contributed by atoms with Crippen LogP contribution in [-0.4, -0.2) is 16.3 Å². The lowest BCUT2D eigenvalue weighted by atomic mass is 10.1. The molecule has 0 radical (unpaired) electrons. The van der Waals surface area contributed by atoms with Crippen LogP contribution in [0.3, 0.4) is 0 Å². The Bertz CT molecular complexity index is 1040. The van der Waals surface area contributed by atoms with Crippen molar-refractivity contribution >= 4 is 16.8 Å². The minimum Gasteiger partial charge on any atom is -0.454 e. The van der Waals surface area contributed by atoms with Crippen LogP contribution in [0.5, 0.6) is 0 Å². The van der Waals surface area contributed by atoms with E-state index in [4.69, 9.17) is 9.52 Å². The number of hydrogen-bond donors (Lipinski definition) is 1. The van der Waals surface area contributed by atoms with Gasteiger partial charge in [0.15, 0.2) is 5.76 Å². The van der Waals surface area contributed by atoms with Crippen LogP contribution in [0.4, 0.5) is 5.82 Å². The van der Waals surface area contributed by atoms with Gasteiger partial charge in [0.25, 0.3) is 0 Å². The smallest absolute Gasteiger partial charge is 0.156 e. The fourth-order valence-corrected chi connectivity index (χ4v) is 3.66. The minimum absolute atomic E-state index is 0.842. The second-order valence-electron chi connectivity index (χ2n) is 6.40. The Morgan fingerprint density at radius 3 is 2.84 bits per heavy atom. The maximum atomic E-state index is 6.08. The van der Waals surface area contributed by atoms with Gasteiger partial charge in [-0.1, -0.05) is 43.3 Å². The lowest BCUT2D eigenvalue weighted by Gasteiger charge is -2.10. The number of nitrogens with one attached hydrogen (secondary N) is 1. The number of aryl methyl sites for hydroxylation is 1. The van der Waals surface area contributed by atoms with Crippen molar-refractivity contribution in [1.82, 2.24) is 9.78 Å². The molecule has 1 aliphatic heterocycles. The van der Waals surface area contributed by atoms with Crippen LogP contribution in [-0.2, 0) is 12.8 Å². The van der Waals surface area contributed by atoms with Crippen molar-refractivity contribution in [2.45, 2.75) is 19.8 Å². The molecule has 1 aliphatic rings. The zero-order valence-electron chi connectivity index (χ0n) is 14.1. The predicted octanol–water partition coefficient (Wildman–Crippen LogP) is 4.82. The van der Waals surface area contributed by atoms with Crippen molar-refractivity contribution in [3.05, 3.63) is 65.7 Å². The highest BCUT2D eigenvalue weighted by Gasteiger charge is 2.26. The predicted molar refractivity (Wildman–Crippen MR) is 100 cm³/mol. The van der Waals surface area contributed by atoms with Gasteiger partial charge in [0.2, 0.25) is 0 Å². The van der Waals surface area contributed by atoms with E-state index in [1.165, 1.54) is 11.1 Å². The average Bonchev–Trinajstić information content (AvgIpc) is 3.35. The summed E-state index contributed by atoms with van der Waals surface area (Å²) in [5, 5.41) is 9.55. The monoisotopic (exact) mass is 329 g/mol. The summed E-state index contributed by atoms with van der Waals surface area (Å²) in [6.45, 7) is 3.12. The Kier molecular flexibility index (Phi) is 3.17. The fraction of sp³-hybridized carbons (Fsp3) is 0.190. The number of fused-ring (bicyclic) bond motifs is 2. The lowest BCUT2D eigenvalue weighted by molar-refractivity contribution is 0.626. The molecule has 0 unspecified atom stereocenters.